The molecule has 0 aliphatic heterocycles. The number of nitrogens with one attached hydrogen (secondary N) is 1. The number of hydrogen-bond acceptors (Lipinski definition) is 4. The van der Waals surface area contributed by atoms with Crippen molar-refractivity contribution >= 4 is 33.0 Å². The lowest BCUT2D eigenvalue weighted by molar-refractivity contribution is 0.103. The molecule has 1 aromatic carbocycles. The maximum Gasteiger partial charge on any atom is 0.265 e. The van der Waals surface area contributed by atoms with E-state index in [9.17, 15) is 13.2 Å². The van der Waals surface area contributed by atoms with Gasteiger partial charge in [0.05, 0.1) is 9.77 Å². The number of aryl methyl sites for hydroxylation is 2. The van der Waals surface area contributed by atoms with E-state index in [1.165, 1.54) is 32.7 Å². The Hall–Kier alpha value is -1.70. The Kier molecular flexibility index (Phi) is 6.03. The van der Waals surface area contributed by atoms with Gasteiger partial charge in [-0.25, -0.2) is 8.42 Å². The molecule has 0 bridgehead atoms. The van der Waals surface area contributed by atoms with E-state index in [1.807, 2.05) is 26.8 Å². The monoisotopic (exact) mass is 380 g/mol. The summed E-state index contributed by atoms with van der Waals surface area (Å²) >= 11 is 1.49. The molecule has 0 fully saturated rings. The first-order valence-electron chi connectivity index (χ1n) is 8.15. The minimum absolute atomic E-state index is 0.126. The second-order valence-electron chi connectivity index (χ2n) is 6.16. The zero-order valence-corrected chi connectivity index (χ0v) is 16.8. The van der Waals surface area contributed by atoms with Gasteiger partial charge in [-0.3, -0.25) is 4.79 Å². The molecular formula is C18H24N2O3S2. The first-order chi connectivity index (χ1) is 11.7. The van der Waals surface area contributed by atoms with Crippen LogP contribution in [0.25, 0.3) is 0 Å². The predicted octanol–water partition coefficient (Wildman–Crippen LogP) is 3.90. The van der Waals surface area contributed by atoms with Crippen LogP contribution in [0.1, 0.15) is 40.9 Å². The Morgan fingerprint density at radius 1 is 1.24 bits per heavy atom. The van der Waals surface area contributed by atoms with Crippen LogP contribution in [0.5, 0.6) is 0 Å². The fourth-order valence-corrected chi connectivity index (χ4v) is 4.71. The summed E-state index contributed by atoms with van der Waals surface area (Å²) in [6, 6.07) is 8.01. The van der Waals surface area contributed by atoms with Crippen molar-refractivity contribution in [2.45, 2.75) is 45.1 Å². The molecule has 25 heavy (non-hydrogen) atoms. The van der Waals surface area contributed by atoms with E-state index in [-0.39, 0.29) is 16.8 Å². The lowest BCUT2D eigenvalue weighted by atomic mass is 10.2. The number of thiophene rings is 1. The van der Waals surface area contributed by atoms with Crippen molar-refractivity contribution in [2.75, 3.05) is 12.4 Å². The van der Waals surface area contributed by atoms with Gasteiger partial charge in [0.1, 0.15) is 0 Å². The molecule has 0 aliphatic carbocycles. The molecule has 2 aromatic rings. The smallest absolute Gasteiger partial charge is 0.265 e. The summed E-state index contributed by atoms with van der Waals surface area (Å²) in [5, 5.41) is 2.82. The van der Waals surface area contributed by atoms with Crippen LogP contribution in [-0.2, 0) is 16.4 Å². The van der Waals surface area contributed by atoms with Crippen molar-refractivity contribution < 1.29 is 13.2 Å². The summed E-state index contributed by atoms with van der Waals surface area (Å²) in [7, 11) is -1.96. The van der Waals surface area contributed by atoms with Crippen molar-refractivity contribution in [3.63, 3.8) is 0 Å². The number of amides is 1. The first-order valence-corrected chi connectivity index (χ1v) is 10.4. The zero-order valence-electron chi connectivity index (χ0n) is 15.2. The van der Waals surface area contributed by atoms with Gasteiger partial charge in [0.2, 0.25) is 10.0 Å². The molecule has 0 saturated heterocycles. The fraction of sp³-hybridized carbons (Fsp3) is 0.389. The Labute approximate surface area is 153 Å². The first kappa shape index (κ1) is 19.6. The second kappa shape index (κ2) is 7.68. The third-order valence-electron chi connectivity index (χ3n) is 4.08. The van der Waals surface area contributed by atoms with Gasteiger partial charge in [0.25, 0.3) is 5.91 Å². The highest BCUT2D eigenvalue weighted by Gasteiger charge is 2.23. The summed E-state index contributed by atoms with van der Waals surface area (Å²) in [6.07, 6.45) is 0.902. The van der Waals surface area contributed by atoms with Crippen molar-refractivity contribution in [1.82, 2.24) is 4.31 Å². The highest BCUT2D eigenvalue weighted by Crippen LogP contribution is 2.24. The summed E-state index contributed by atoms with van der Waals surface area (Å²) in [5.41, 5.74) is 1.69. The van der Waals surface area contributed by atoms with Crippen LogP contribution in [0.2, 0.25) is 0 Å². The van der Waals surface area contributed by atoms with Crippen LogP contribution in [0.3, 0.4) is 0 Å². The Balaban J connectivity index is 2.16. The lowest BCUT2D eigenvalue weighted by Gasteiger charge is -2.21. The zero-order chi connectivity index (χ0) is 18.8. The minimum atomic E-state index is -3.52. The molecule has 2 rings (SSSR count). The molecule has 136 valence electrons. The fourth-order valence-electron chi connectivity index (χ4n) is 2.33. The summed E-state index contributed by atoms with van der Waals surface area (Å²) in [6.45, 7) is 7.70. The number of carbonyl (C=O) groups is 1. The van der Waals surface area contributed by atoms with Gasteiger partial charge in [-0.05, 0) is 63.1 Å². The largest absolute Gasteiger partial charge is 0.321 e. The van der Waals surface area contributed by atoms with E-state index in [0.717, 1.165) is 12.0 Å². The Morgan fingerprint density at radius 3 is 2.32 bits per heavy atom. The van der Waals surface area contributed by atoms with Crippen LogP contribution in [0.4, 0.5) is 5.69 Å². The van der Waals surface area contributed by atoms with Gasteiger partial charge in [-0.2, -0.15) is 4.31 Å². The van der Waals surface area contributed by atoms with Crippen LogP contribution >= 0.6 is 11.3 Å². The average molecular weight is 381 g/mol. The molecule has 0 aliphatic rings. The molecule has 0 unspecified atom stereocenters. The molecule has 0 atom stereocenters. The Morgan fingerprint density at radius 2 is 1.84 bits per heavy atom. The van der Waals surface area contributed by atoms with Gasteiger partial charge in [-0.1, -0.05) is 6.92 Å². The van der Waals surface area contributed by atoms with E-state index < -0.39 is 10.0 Å². The van der Waals surface area contributed by atoms with E-state index in [1.54, 1.807) is 19.2 Å². The molecule has 0 saturated carbocycles. The van der Waals surface area contributed by atoms with Crippen molar-refractivity contribution in [2.24, 2.45) is 0 Å². The van der Waals surface area contributed by atoms with Gasteiger partial charge in [-0.15, -0.1) is 11.3 Å². The topological polar surface area (TPSA) is 66.5 Å². The van der Waals surface area contributed by atoms with Crippen molar-refractivity contribution in [3.8, 4) is 0 Å². The van der Waals surface area contributed by atoms with E-state index >= 15 is 0 Å². The number of sulfonamides is 1. The third-order valence-corrected chi connectivity index (χ3v) is 7.51. The van der Waals surface area contributed by atoms with Crippen LogP contribution in [0, 0.1) is 6.92 Å². The highest BCUT2D eigenvalue weighted by atomic mass is 32.2. The van der Waals surface area contributed by atoms with Crippen LogP contribution in [-0.4, -0.2) is 31.7 Å². The number of rotatable bonds is 6. The van der Waals surface area contributed by atoms with Crippen molar-refractivity contribution in [1.29, 1.82) is 0 Å². The van der Waals surface area contributed by atoms with Gasteiger partial charge in [0, 0.05) is 23.7 Å². The van der Waals surface area contributed by atoms with Crippen LogP contribution < -0.4 is 5.32 Å². The predicted molar refractivity (Wildman–Crippen MR) is 103 cm³/mol. The quantitative estimate of drug-likeness (QED) is 0.826. The third kappa shape index (κ3) is 4.29. The lowest BCUT2D eigenvalue weighted by Crippen LogP contribution is -2.33. The summed E-state index contributed by atoms with van der Waals surface area (Å²) < 4.78 is 26.2. The highest BCUT2D eigenvalue weighted by molar-refractivity contribution is 7.89. The SMILES string of the molecule is CCc1sc(C(=O)Nc2ccc(S(=O)(=O)N(C)C(C)C)cc2)cc1C. The normalized spacial score (nSPS) is 12.0. The van der Waals surface area contributed by atoms with Crippen LogP contribution in [0.15, 0.2) is 35.2 Å². The maximum absolute atomic E-state index is 12.4. The van der Waals surface area contributed by atoms with Gasteiger partial charge in [0.15, 0.2) is 0 Å². The van der Waals surface area contributed by atoms with E-state index in [2.05, 4.69) is 12.2 Å². The number of carbonyl (C=O) groups excluding carboxylic acids is 1. The molecule has 5 nitrogen and oxygen atoms in total. The standard InChI is InChI=1S/C18H24N2O3S2/c1-6-16-13(4)11-17(24-16)18(21)19-14-7-9-15(10-8-14)25(22,23)20(5)12(2)3/h7-12H,6H2,1-5H3,(H,19,21). The molecule has 0 radical (unpaired) electrons. The molecule has 1 N–H and O–H groups in total. The molecule has 1 amide bonds. The van der Waals surface area contributed by atoms with E-state index in [0.29, 0.717) is 10.6 Å². The molecular weight excluding hydrogens is 356 g/mol. The average Bonchev–Trinajstić information content (AvgIpc) is 2.95. The molecule has 1 heterocycles. The number of nitrogens with zero attached hydrogens (tertiary/aromatic N) is 1. The maximum atomic E-state index is 12.4. The molecule has 0 spiro atoms. The number of anilines is 1. The summed E-state index contributed by atoms with van der Waals surface area (Å²) in [5.74, 6) is -0.178. The second-order valence-corrected chi connectivity index (χ2v) is 9.30. The molecule has 1 aromatic heterocycles. The van der Waals surface area contributed by atoms with E-state index in [4.69, 9.17) is 0 Å². The number of benzene rings is 1. The summed E-state index contributed by atoms with van der Waals surface area (Å²) in [4.78, 5) is 14.4. The molecule has 7 heteroatoms. The van der Waals surface area contributed by atoms with Crippen molar-refractivity contribution in [3.05, 3.63) is 45.6 Å². The van der Waals surface area contributed by atoms with Gasteiger partial charge >= 0.3 is 0 Å². The van der Waals surface area contributed by atoms with Gasteiger partial charge < -0.3 is 5.32 Å². The Bertz CT molecular complexity index is 853. The minimum Gasteiger partial charge on any atom is -0.321 e. The number of hydrogen-bond donors (Lipinski definition) is 1.